The summed E-state index contributed by atoms with van der Waals surface area (Å²) in [5.41, 5.74) is 0. The van der Waals surface area contributed by atoms with Crippen LogP contribution in [0.1, 0.15) is 323 Å². The second-order valence-corrected chi connectivity index (χ2v) is 22.3. The van der Waals surface area contributed by atoms with E-state index in [0.29, 0.717) is 19.3 Å². The lowest BCUT2D eigenvalue weighted by molar-refractivity contribution is -0.167. The smallest absolute Gasteiger partial charge is 0.306 e. The van der Waals surface area contributed by atoms with E-state index in [1.54, 1.807) is 0 Å². The minimum Gasteiger partial charge on any atom is -0.462 e. The Morgan fingerprint density at radius 2 is 0.500 bits per heavy atom. The van der Waals surface area contributed by atoms with E-state index in [0.717, 1.165) is 122 Å². The Kier molecular flexibility index (Phi) is 64.3. The molecule has 0 fully saturated rings. The van der Waals surface area contributed by atoms with E-state index in [-0.39, 0.29) is 31.1 Å². The Labute approximate surface area is 495 Å². The highest BCUT2D eigenvalue weighted by atomic mass is 16.6. The molecule has 0 bridgehead atoms. The quantitative estimate of drug-likeness (QED) is 0.0261. The van der Waals surface area contributed by atoms with E-state index in [2.05, 4.69) is 130 Å². The summed E-state index contributed by atoms with van der Waals surface area (Å²) in [5.74, 6) is -0.896. The summed E-state index contributed by atoms with van der Waals surface area (Å²) in [6.45, 7) is 6.49. The first-order valence-electron chi connectivity index (χ1n) is 33.9. The van der Waals surface area contributed by atoms with Gasteiger partial charge in [-0.3, -0.25) is 14.4 Å². The SMILES string of the molecule is CC/C=C\C/C=C\C/C=C\C/C=C\C/C=C\CCCCCCCCCCCCCC(=O)OCC(COC(=O)CCCCCCC/C=C\C/C=C\CCCC)OC(=O)CCCCCCCCCCC/C=C\C/C=C\CCCCCCC. The number of esters is 3. The van der Waals surface area contributed by atoms with Crippen LogP contribution in [-0.4, -0.2) is 37.2 Å². The zero-order chi connectivity index (χ0) is 57.8. The van der Waals surface area contributed by atoms with E-state index >= 15 is 0 Å². The molecule has 1 unspecified atom stereocenters. The summed E-state index contributed by atoms with van der Waals surface area (Å²) in [7, 11) is 0. The van der Waals surface area contributed by atoms with Gasteiger partial charge in [0.2, 0.25) is 0 Å². The van der Waals surface area contributed by atoms with Gasteiger partial charge in [-0.1, -0.05) is 291 Å². The van der Waals surface area contributed by atoms with Crippen molar-refractivity contribution in [3.63, 3.8) is 0 Å². The van der Waals surface area contributed by atoms with Crippen molar-refractivity contribution in [2.75, 3.05) is 13.2 Å². The van der Waals surface area contributed by atoms with Gasteiger partial charge in [-0.25, -0.2) is 0 Å². The van der Waals surface area contributed by atoms with Gasteiger partial charge in [0.25, 0.3) is 0 Å². The van der Waals surface area contributed by atoms with Gasteiger partial charge in [-0.2, -0.15) is 0 Å². The van der Waals surface area contributed by atoms with Crippen molar-refractivity contribution in [1.29, 1.82) is 0 Å². The summed E-state index contributed by atoms with van der Waals surface area (Å²) in [6.07, 6.45) is 92.4. The van der Waals surface area contributed by atoms with Gasteiger partial charge in [-0.15, -0.1) is 0 Å². The maximum atomic E-state index is 12.9. The zero-order valence-electron chi connectivity index (χ0n) is 52.6. The number of allylic oxidation sites excluding steroid dienone is 18. The Hall–Kier alpha value is -3.93. The molecule has 80 heavy (non-hydrogen) atoms. The predicted molar refractivity (Wildman–Crippen MR) is 348 cm³/mol. The summed E-state index contributed by atoms with van der Waals surface area (Å²) in [4.78, 5) is 38.4. The van der Waals surface area contributed by atoms with Gasteiger partial charge >= 0.3 is 17.9 Å². The molecule has 0 aliphatic rings. The maximum absolute atomic E-state index is 12.9. The molecule has 458 valence electrons. The first kappa shape index (κ1) is 76.1. The number of carbonyl (C=O) groups is 3. The van der Waals surface area contributed by atoms with Gasteiger partial charge in [0, 0.05) is 19.3 Å². The van der Waals surface area contributed by atoms with Crippen molar-refractivity contribution in [3.05, 3.63) is 109 Å². The van der Waals surface area contributed by atoms with Crippen LogP contribution in [0.15, 0.2) is 109 Å². The highest BCUT2D eigenvalue weighted by molar-refractivity contribution is 5.71. The molecule has 1 atom stereocenters. The molecule has 0 heterocycles. The van der Waals surface area contributed by atoms with Gasteiger partial charge in [0.15, 0.2) is 6.10 Å². The Morgan fingerprint density at radius 3 is 0.800 bits per heavy atom. The minimum atomic E-state index is -0.790. The molecule has 0 saturated heterocycles. The van der Waals surface area contributed by atoms with E-state index in [1.807, 2.05) is 0 Å². The average Bonchev–Trinajstić information content (AvgIpc) is 3.46. The van der Waals surface area contributed by atoms with Crippen LogP contribution in [0.5, 0.6) is 0 Å². The molecule has 0 N–H and O–H groups in total. The highest BCUT2D eigenvalue weighted by Gasteiger charge is 2.19. The Balaban J connectivity index is 4.33. The molecule has 0 amide bonds. The standard InChI is InChI=1S/C74H126O6/c1-4-7-10-13-16-19-22-25-28-30-32-34-35-36-37-38-39-41-42-44-46-49-52-55-58-61-64-67-73(76)79-70-71(69-78-72(75)66-63-60-57-54-51-48-27-24-21-18-15-12-9-6-3)80-74(77)68-65-62-59-56-53-50-47-45-43-40-33-31-29-26-23-20-17-14-11-8-5-2/h7,10,15-16,18-19,23-28,31-34,36-37,71H,4-6,8-9,11-14,17,20-22,29-30,35,38-70H2,1-3H3/b10-7-,18-15-,19-16-,26-23-,27-24-,28-25-,33-31-,34-32-,37-36-. The molecule has 0 radical (unpaired) electrons. The zero-order valence-corrected chi connectivity index (χ0v) is 52.6. The van der Waals surface area contributed by atoms with E-state index in [1.165, 1.54) is 161 Å². The minimum absolute atomic E-state index is 0.0856. The number of hydrogen-bond donors (Lipinski definition) is 0. The molecule has 6 heteroatoms. The third-order valence-corrected chi connectivity index (χ3v) is 14.5. The molecule has 0 aliphatic heterocycles. The monoisotopic (exact) mass is 1110 g/mol. The number of carbonyl (C=O) groups excluding carboxylic acids is 3. The third-order valence-electron chi connectivity index (χ3n) is 14.5. The Bertz CT molecular complexity index is 1610. The van der Waals surface area contributed by atoms with Crippen molar-refractivity contribution in [3.8, 4) is 0 Å². The van der Waals surface area contributed by atoms with Crippen molar-refractivity contribution in [2.45, 2.75) is 329 Å². The number of unbranched alkanes of at least 4 members (excludes halogenated alkanes) is 32. The lowest BCUT2D eigenvalue weighted by atomic mass is 10.0. The van der Waals surface area contributed by atoms with Gasteiger partial charge in [-0.05, 0) is 122 Å². The molecule has 0 aromatic carbocycles. The van der Waals surface area contributed by atoms with Crippen LogP contribution in [0.3, 0.4) is 0 Å². The van der Waals surface area contributed by atoms with Crippen LogP contribution >= 0.6 is 0 Å². The third kappa shape index (κ3) is 64.9. The maximum Gasteiger partial charge on any atom is 0.306 e. The fourth-order valence-electron chi connectivity index (χ4n) is 9.40. The Morgan fingerprint density at radius 1 is 0.263 bits per heavy atom. The molecule has 0 aromatic rings. The van der Waals surface area contributed by atoms with Crippen molar-refractivity contribution in [2.24, 2.45) is 0 Å². The second kappa shape index (κ2) is 67.6. The first-order chi connectivity index (χ1) is 39.5. The molecule has 6 nitrogen and oxygen atoms in total. The lowest BCUT2D eigenvalue weighted by Gasteiger charge is -2.18. The highest BCUT2D eigenvalue weighted by Crippen LogP contribution is 2.16. The second-order valence-electron chi connectivity index (χ2n) is 22.3. The van der Waals surface area contributed by atoms with Crippen molar-refractivity contribution < 1.29 is 28.6 Å². The molecule has 0 rings (SSSR count). The molecular formula is C74H126O6. The summed E-state index contributed by atoms with van der Waals surface area (Å²) in [5, 5.41) is 0. The van der Waals surface area contributed by atoms with Gasteiger partial charge in [0.05, 0.1) is 0 Å². The summed E-state index contributed by atoms with van der Waals surface area (Å²) >= 11 is 0. The van der Waals surface area contributed by atoms with E-state index < -0.39 is 6.10 Å². The summed E-state index contributed by atoms with van der Waals surface area (Å²) < 4.78 is 17.0. The number of rotatable bonds is 61. The predicted octanol–water partition coefficient (Wildman–Crippen LogP) is 23.4. The first-order valence-corrected chi connectivity index (χ1v) is 33.9. The van der Waals surface area contributed by atoms with Crippen LogP contribution < -0.4 is 0 Å². The average molecular weight is 1110 g/mol. The van der Waals surface area contributed by atoms with Gasteiger partial charge in [0.1, 0.15) is 13.2 Å². The number of ether oxygens (including phenoxy) is 3. The van der Waals surface area contributed by atoms with E-state index in [9.17, 15) is 14.4 Å². The molecule has 0 spiro atoms. The van der Waals surface area contributed by atoms with Crippen LogP contribution in [0.25, 0.3) is 0 Å². The fourth-order valence-corrected chi connectivity index (χ4v) is 9.40. The fraction of sp³-hybridized carbons (Fsp3) is 0.716. The van der Waals surface area contributed by atoms with Crippen LogP contribution in [0, 0.1) is 0 Å². The van der Waals surface area contributed by atoms with Crippen LogP contribution in [-0.2, 0) is 28.6 Å². The molecule has 0 aliphatic carbocycles. The molecule has 0 saturated carbocycles. The molecule has 0 aromatic heterocycles. The van der Waals surface area contributed by atoms with Crippen LogP contribution in [0.2, 0.25) is 0 Å². The van der Waals surface area contributed by atoms with E-state index in [4.69, 9.17) is 14.2 Å². The normalized spacial score (nSPS) is 12.8. The number of hydrogen-bond acceptors (Lipinski definition) is 6. The lowest BCUT2D eigenvalue weighted by Crippen LogP contribution is -2.30. The van der Waals surface area contributed by atoms with Crippen molar-refractivity contribution in [1.82, 2.24) is 0 Å². The topological polar surface area (TPSA) is 78.9 Å². The van der Waals surface area contributed by atoms with Crippen LogP contribution in [0.4, 0.5) is 0 Å². The molecular weight excluding hydrogens is 985 g/mol. The van der Waals surface area contributed by atoms with Crippen molar-refractivity contribution >= 4 is 17.9 Å². The van der Waals surface area contributed by atoms with Gasteiger partial charge < -0.3 is 14.2 Å². The largest absolute Gasteiger partial charge is 0.462 e. The summed E-state index contributed by atoms with van der Waals surface area (Å²) in [6, 6.07) is 0.